The molecule has 14 heavy (non-hydrogen) atoms. The molecule has 0 unspecified atom stereocenters. The molecule has 2 N–H and O–H groups in total. The van der Waals surface area contributed by atoms with Crippen molar-refractivity contribution >= 4 is 34.9 Å². The Bertz CT molecular complexity index is 366. The Morgan fingerprint density at radius 1 is 1.50 bits per heavy atom. The van der Waals surface area contributed by atoms with Crippen LogP contribution in [0.1, 0.15) is 5.56 Å². The van der Waals surface area contributed by atoms with Crippen molar-refractivity contribution in [1.29, 1.82) is 0 Å². The molecule has 0 saturated heterocycles. The number of carbonyl (C=O) groups excluding carboxylic acids is 1. The van der Waals surface area contributed by atoms with Crippen molar-refractivity contribution < 1.29 is 9.53 Å². The summed E-state index contributed by atoms with van der Waals surface area (Å²) in [6.45, 7) is 0. The smallest absolute Gasteiger partial charge is 0.310 e. The molecule has 1 rings (SSSR count). The molecular weight excluding hydrogens is 225 g/mol. The number of nitrogen functional groups attached to an aromatic ring is 1. The topological polar surface area (TPSA) is 52.3 Å². The van der Waals surface area contributed by atoms with E-state index in [1.165, 1.54) is 7.11 Å². The van der Waals surface area contributed by atoms with Gasteiger partial charge in [-0.3, -0.25) is 4.79 Å². The Kier molecular flexibility index (Phi) is 3.61. The lowest BCUT2D eigenvalue weighted by Crippen LogP contribution is -2.07. The van der Waals surface area contributed by atoms with Crippen molar-refractivity contribution in [3.8, 4) is 0 Å². The van der Waals surface area contributed by atoms with Crippen molar-refractivity contribution in [3.05, 3.63) is 27.7 Å². The summed E-state index contributed by atoms with van der Waals surface area (Å²) in [6, 6.07) is 3.19. The third kappa shape index (κ3) is 2.30. The van der Waals surface area contributed by atoms with Crippen molar-refractivity contribution in [2.24, 2.45) is 0 Å². The van der Waals surface area contributed by atoms with Gasteiger partial charge in [0.2, 0.25) is 0 Å². The van der Waals surface area contributed by atoms with E-state index < -0.39 is 5.97 Å². The molecule has 1 aromatic carbocycles. The van der Waals surface area contributed by atoms with Crippen molar-refractivity contribution in [2.45, 2.75) is 6.42 Å². The van der Waals surface area contributed by atoms with Gasteiger partial charge in [-0.15, -0.1) is 0 Å². The van der Waals surface area contributed by atoms with Gasteiger partial charge in [0.25, 0.3) is 0 Å². The van der Waals surface area contributed by atoms with Crippen LogP contribution in [0.25, 0.3) is 0 Å². The van der Waals surface area contributed by atoms with Crippen LogP contribution in [0, 0.1) is 0 Å². The summed E-state index contributed by atoms with van der Waals surface area (Å²) >= 11 is 11.7. The molecule has 1 aromatic rings. The van der Waals surface area contributed by atoms with E-state index in [0.717, 1.165) is 0 Å². The second-order valence-electron chi connectivity index (χ2n) is 2.68. The van der Waals surface area contributed by atoms with Crippen LogP contribution >= 0.6 is 23.2 Å². The van der Waals surface area contributed by atoms with Gasteiger partial charge in [-0.2, -0.15) is 0 Å². The first-order chi connectivity index (χ1) is 6.56. The van der Waals surface area contributed by atoms with Crippen LogP contribution in [-0.4, -0.2) is 13.1 Å². The van der Waals surface area contributed by atoms with E-state index in [0.29, 0.717) is 21.3 Å². The molecule has 0 bridgehead atoms. The van der Waals surface area contributed by atoms with E-state index >= 15 is 0 Å². The van der Waals surface area contributed by atoms with Gasteiger partial charge in [-0.05, 0) is 12.1 Å². The average Bonchev–Trinajstić information content (AvgIpc) is 2.18. The molecule has 5 heteroatoms. The lowest BCUT2D eigenvalue weighted by Gasteiger charge is -2.07. The van der Waals surface area contributed by atoms with Crippen LogP contribution < -0.4 is 5.73 Å². The van der Waals surface area contributed by atoms with Crippen LogP contribution in [0.2, 0.25) is 10.0 Å². The zero-order chi connectivity index (χ0) is 10.7. The number of ether oxygens (including phenoxy) is 1. The fourth-order valence-corrected chi connectivity index (χ4v) is 1.42. The van der Waals surface area contributed by atoms with Crippen molar-refractivity contribution in [1.82, 2.24) is 0 Å². The van der Waals surface area contributed by atoms with Gasteiger partial charge in [0.1, 0.15) is 0 Å². The Morgan fingerprint density at radius 3 is 2.71 bits per heavy atom. The molecule has 0 heterocycles. The highest BCUT2D eigenvalue weighted by molar-refractivity contribution is 6.42. The molecule has 0 amide bonds. The van der Waals surface area contributed by atoms with Crippen LogP contribution in [0.15, 0.2) is 12.1 Å². The molecule has 76 valence electrons. The Balaban J connectivity index is 3.06. The van der Waals surface area contributed by atoms with Crippen LogP contribution in [0.4, 0.5) is 5.69 Å². The molecule has 0 aliphatic rings. The number of halogens is 2. The monoisotopic (exact) mass is 233 g/mol. The van der Waals surface area contributed by atoms with E-state index in [2.05, 4.69) is 4.74 Å². The number of hydrogen-bond acceptors (Lipinski definition) is 3. The molecule has 0 radical (unpaired) electrons. The molecule has 0 aliphatic heterocycles. The molecule has 0 fully saturated rings. The van der Waals surface area contributed by atoms with Crippen molar-refractivity contribution in [3.63, 3.8) is 0 Å². The summed E-state index contributed by atoms with van der Waals surface area (Å²) < 4.78 is 4.51. The van der Waals surface area contributed by atoms with Crippen LogP contribution in [-0.2, 0) is 16.0 Å². The first-order valence-electron chi connectivity index (χ1n) is 3.85. The Morgan fingerprint density at radius 2 is 2.14 bits per heavy atom. The third-order valence-electron chi connectivity index (χ3n) is 1.78. The average molecular weight is 234 g/mol. The van der Waals surface area contributed by atoms with Gasteiger partial charge < -0.3 is 10.5 Å². The second-order valence-corrected chi connectivity index (χ2v) is 3.47. The maximum atomic E-state index is 11.0. The van der Waals surface area contributed by atoms with Gasteiger partial charge in [0, 0.05) is 11.3 Å². The Labute approximate surface area is 91.7 Å². The lowest BCUT2D eigenvalue weighted by atomic mass is 10.1. The zero-order valence-electron chi connectivity index (χ0n) is 7.51. The fourth-order valence-electron chi connectivity index (χ4n) is 1.00. The van der Waals surface area contributed by atoms with E-state index in [1.54, 1.807) is 12.1 Å². The predicted octanol–water partition coefficient (Wildman–Crippen LogP) is 2.29. The molecular formula is C9H9Cl2NO2. The number of rotatable bonds is 2. The van der Waals surface area contributed by atoms with E-state index in [-0.39, 0.29) is 6.42 Å². The van der Waals surface area contributed by atoms with Gasteiger partial charge in [0.05, 0.1) is 23.6 Å². The number of hydrogen-bond donors (Lipinski definition) is 1. The summed E-state index contributed by atoms with van der Waals surface area (Å²) in [4.78, 5) is 11.0. The molecule has 0 aromatic heterocycles. The predicted molar refractivity (Wildman–Crippen MR) is 56.6 cm³/mol. The van der Waals surface area contributed by atoms with Crippen molar-refractivity contribution in [2.75, 3.05) is 12.8 Å². The van der Waals surface area contributed by atoms with Gasteiger partial charge in [-0.1, -0.05) is 23.2 Å². The highest BCUT2D eigenvalue weighted by Crippen LogP contribution is 2.30. The largest absolute Gasteiger partial charge is 0.469 e. The summed E-state index contributed by atoms with van der Waals surface area (Å²) in [5, 5.41) is 0.678. The van der Waals surface area contributed by atoms with Gasteiger partial charge in [0.15, 0.2) is 0 Å². The first kappa shape index (κ1) is 11.1. The number of carbonyl (C=O) groups is 1. The standard InChI is InChI=1S/C9H9Cl2NO2/c1-14-8(13)4-5-7(12)3-2-6(10)9(5)11/h2-3H,4,12H2,1H3. The highest BCUT2D eigenvalue weighted by atomic mass is 35.5. The first-order valence-corrected chi connectivity index (χ1v) is 4.61. The minimum Gasteiger partial charge on any atom is -0.469 e. The number of methoxy groups -OCH3 is 1. The zero-order valence-corrected chi connectivity index (χ0v) is 9.02. The lowest BCUT2D eigenvalue weighted by molar-refractivity contribution is -0.139. The van der Waals surface area contributed by atoms with Gasteiger partial charge >= 0.3 is 5.97 Å². The van der Waals surface area contributed by atoms with Crippen LogP contribution in [0.3, 0.4) is 0 Å². The number of esters is 1. The quantitative estimate of drug-likeness (QED) is 0.630. The third-order valence-corrected chi connectivity index (χ3v) is 2.62. The SMILES string of the molecule is COC(=O)Cc1c(N)ccc(Cl)c1Cl. The maximum Gasteiger partial charge on any atom is 0.310 e. The summed E-state index contributed by atoms with van der Waals surface area (Å²) in [7, 11) is 1.30. The van der Waals surface area contributed by atoms with Crippen LogP contribution in [0.5, 0.6) is 0 Å². The van der Waals surface area contributed by atoms with E-state index in [1.807, 2.05) is 0 Å². The normalized spacial score (nSPS) is 9.93. The summed E-state index contributed by atoms with van der Waals surface area (Å²) in [5.41, 5.74) is 6.58. The number of anilines is 1. The molecule has 3 nitrogen and oxygen atoms in total. The molecule has 0 saturated carbocycles. The number of benzene rings is 1. The highest BCUT2D eigenvalue weighted by Gasteiger charge is 2.12. The Hall–Kier alpha value is -0.930. The molecule has 0 atom stereocenters. The maximum absolute atomic E-state index is 11.0. The minimum absolute atomic E-state index is 0.0295. The number of nitrogens with two attached hydrogens (primary N) is 1. The fraction of sp³-hybridized carbons (Fsp3) is 0.222. The van der Waals surface area contributed by atoms with E-state index in [4.69, 9.17) is 28.9 Å². The van der Waals surface area contributed by atoms with Gasteiger partial charge in [-0.25, -0.2) is 0 Å². The summed E-state index contributed by atoms with van der Waals surface area (Å²) in [5.74, 6) is -0.402. The molecule has 0 spiro atoms. The second kappa shape index (κ2) is 4.53. The minimum atomic E-state index is -0.402. The van der Waals surface area contributed by atoms with E-state index in [9.17, 15) is 4.79 Å². The molecule has 0 aliphatic carbocycles. The summed E-state index contributed by atoms with van der Waals surface area (Å²) in [6.07, 6.45) is 0.0295.